The number of imidazole rings is 1. The lowest BCUT2D eigenvalue weighted by Crippen LogP contribution is -2.14. The van der Waals surface area contributed by atoms with Gasteiger partial charge in [-0.1, -0.05) is 12.1 Å². The van der Waals surface area contributed by atoms with Gasteiger partial charge in [0.2, 0.25) is 0 Å². The van der Waals surface area contributed by atoms with Crippen molar-refractivity contribution in [2.24, 2.45) is 0 Å². The topological polar surface area (TPSA) is 78.1 Å². The Labute approximate surface area is 112 Å². The summed E-state index contributed by atoms with van der Waals surface area (Å²) in [7, 11) is 0.378. The van der Waals surface area contributed by atoms with Gasteiger partial charge >= 0.3 is 0 Å². The van der Waals surface area contributed by atoms with Crippen LogP contribution in [0.25, 0.3) is 0 Å². The second-order valence-electron chi connectivity index (χ2n) is 4.46. The minimum absolute atomic E-state index is 0.0462. The zero-order valence-electron chi connectivity index (χ0n) is 10.8. The van der Waals surface area contributed by atoms with E-state index in [0.717, 1.165) is 12.1 Å². The highest BCUT2D eigenvalue weighted by atomic mass is 32.2. The van der Waals surface area contributed by atoms with Crippen molar-refractivity contribution in [2.75, 3.05) is 18.8 Å². The van der Waals surface area contributed by atoms with Gasteiger partial charge in [-0.15, -0.1) is 0 Å². The zero-order chi connectivity index (χ0) is 13.9. The molecule has 2 aromatic rings. The lowest BCUT2D eigenvalue weighted by atomic mass is 10.2. The van der Waals surface area contributed by atoms with Crippen LogP contribution in [0.15, 0.2) is 41.8 Å². The predicted octanol–water partition coefficient (Wildman–Crippen LogP) is 1.27. The molecule has 0 amide bonds. The first-order valence-corrected chi connectivity index (χ1v) is 7.20. The van der Waals surface area contributed by atoms with Crippen molar-refractivity contribution in [2.45, 2.75) is 11.6 Å². The molecule has 0 saturated carbocycles. The normalized spacial score (nSPS) is 11.7. The van der Waals surface area contributed by atoms with Gasteiger partial charge in [0.15, 0.2) is 5.03 Å². The van der Waals surface area contributed by atoms with Crippen molar-refractivity contribution in [3.8, 4) is 0 Å². The van der Waals surface area contributed by atoms with Crippen LogP contribution in [0.3, 0.4) is 0 Å². The van der Waals surface area contributed by atoms with Crippen molar-refractivity contribution >= 4 is 15.7 Å². The van der Waals surface area contributed by atoms with Gasteiger partial charge in [0.1, 0.15) is 0 Å². The molecule has 0 aliphatic heterocycles. The fourth-order valence-electron chi connectivity index (χ4n) is 1.64. The van der Waals surface area contributed by atoms with Crippen molar-refractivity contribution in [1.82, 2.24) is 14.9 Å². The third-order valence-electron chi connectivity index (χ3n) is 2.47. The summed E-state index contributed by atoms with van der Waals surface area (Å²) < 4.78 is 26.4. The summed E-state index contributed by atoms with van der Waals surface area (Å²) in [6, 6.07) is 7.27. The molecule has 0 bridgehead atoms. The Kier molecular flexibility index (Phi) is 3.87. The van der Waals surface area contributed by atoms with Gasteiger partial charge in [0, 0.05) is 12.2 Å². The fourth-order valence-corrected chi connectivity index (χ4v) is 2.61. The van der Waals surface area contributed by atoms with Crippen LogP contribution in [0.4, 0.5) is 5.69 Å². The summed E-state index contributed by atoms with van der Waals surface area (Å²) >= 11 is 0. The molecule has 0 spiro atoms. The number of rotatable bonds is 5. The van der Waals surface area contributed by atoms with Crippen LogP contribution >= 0.6 is 0 Å². The van der Waals surface area contributed by atoms with E-state index >= 15 is 0 Å². The number of aromatic amines is 1. The van der Waals surface area contributed by atoms with Crippen molar-refractivity contribution < 1.29 is 8.42 Å². The molecule has 7 heteroatoms. The van der Waals surface area contributed by atoms with Crippen molar-refractivity contribution in [3.05, 3.63) is 42.4 Å². The number of hydrogen-bond donors (Lipinski definition) is 2. The summed E-state index contributed by atoms with van der Waals surface area (Å²) in [6.07, 6.45) is 2.59. The maximum atomic E-state index is 11.9. The van der Waals surface area contributed by atoms with E-state index in [-0.39, 0.29) is 5.03 Å². The van der Waals surface area contributed by atoms with Gasteiger partial charge in [0.05, 0.1) is 12.5 Å². The number of H-pyrrole nitrogens is 1. The minimum Gasteiger partial charge on any atom is -0.334 e. The number of sulfonamides is 1. The fraction of sp³-hybridized carbons (Fsp3) is 0.250. The predicted molar refractivity (Wildman–Crippen MR) is 73.2 cm³/mol. The highest BCUT2D eigenvalue weighted by Gasteiger charge is 2.15. The molecular weight excluding hydrogens is 264 g/mol. The quantitative estimate of drug-likeness (QED) is 0.864. The van der Waals surface area contributed by atoms with E-state index in [0.29, 0.717) is 5.69 Å². The Morgan fingerprint density at radius 1 is 1.26 bits per heavy atom. The molecule has 0 unspecified atom stereocenters. The molecule has 0 aliphatic rings. The smallest absolute Gasteiger partial charge is 0.278 e. The van der Waals surface area contributed by atoms with Gasteiger partial charge in [-0.2, -0.15) is 8.42 Å². The summed E-state index contributed by atoms with van der Waals surface area (Å²) in [5, 5.41) is 0.0462. The highest BCUT2D eigenvalue weighted by Crippen LogP contribution is 2.15. The molecule has 6 nitrogen and oxygen atoms in total. The lowest BCUT2D eigenvalue weighted by molar-refractivity contribution is 0.402. The Bertz CT molecular complexity index is 618. The first-order valence-electron chi connectivity index (χ1n) is 5.72. The SMILES string of the molecule is CN(C)Cc1ccc(NS(=O)(=O)c2cnc[nH]2)cc1. The molecule has 102 valence electrons. The number of nitrogens with zero attached hydrogens (tertiary/aromatic N) is 2. The molecule has 0 atom stereocenters. The van der Waals surface area contributed by atoms with Crippen LogP contribution in [0, 0.1) is 0 Å². The van der Waals surface area contributed by atoms with Crippen LogP contribution in [0.2, 0.25) is 0 Å². The van der Waals surface area contributed by atoms with Gasteiger partial charge in [-0.05, 0) is 31.8 Å². The summed E-state index contributed by atoms with van der Waals surface area (Å²) in [6.45, 7) is 0.813. The van der Waals surface area contributed by atoms with E-state index in [1.165, 1.54) is 12.5 Å². The molecule has 0 fully saturated rings. The molecule has 1 heterocycles. The zero-order valence-corrected chi connectivity index (χ0v) is 11.6. The third-order valence-corrected chi connectivity index (χ3v) is 3.77. The molecular formula is C12H16N4O2S. The molecule has 1 aromatic carbocycles. The molecule has 2 rings (SSSR count). The van der Waals surface area contributed by atoms with Crippen LogP contribution in [0.5, 0.6) is 0 Å². The summed E-state index contributed by atoms with van der Waals surface area (Å²) in [4.78, 5) is 8.31. The number of aromatic nitrogens is 2. The first-order chi connectivity index (χ1) is 8.97. The largest absolute Gasteiger partial charge is 0.334 e. The Morgan fingerprint density at radius 3 is 2.47 bits per heavy atom. The molecule has 0 aliphatic carbocycles. The number of nitrogens with one attached hydrogen (secondary N) is 2. The van der Waals surface area contributed by atoms with Crippen LogP contribution in [-0.4, -0.2) is 37.4 Å². The number of hydrogen-bond acceptors (Lipinski definition) is 4. The minimum atomic E-state index is -3.58. The van der Waals surface area contributed by atoms with E-state index in [1.807, 2.05) is 31.1 Å². The van der Waals surface area contributed by atoms with Crippen LogP contribution in [-0.2, 0) is 16.6 Å². The third kappa shape index (κ3) is 3.55. The monoisotopic (exact) mass is 280 g/mol. The maximum absolute atomic E-state index is 11.9. The average molecular weight is 280 g/mol. The molecule has 2 N–H and O–H groups in total. The van der Waals surface area contributed by atoms with Crippen LogP contribution < -0.4 is 4.72 Å². The number of anilines is 1. The molecule has 0 saturated heterocycles. The molecule has 1 aromatic heterocycles. The van der Waals surface area contributed by atoms with E-state index in [2.05, 4.69) is 14.7 Å². The standard InChI is InChI=1S/C12H16N4O2S/c1-16(2)8-10-3-5-11(6-4-10)15-19(17,18)12-7-13-9-14-12/h3-7,9,15H,8H2,1-2H3,(H,13,14). The molecule has 0 radical (unpaired) electrons. The summed E-state index contributed by atoms with van der Waals surface area (Å²) in [5.41, 5.74) is 1.64. The van der Waals surface area contributed by atoms with E-state index in [1.54, 1.807) is 12.1 Å². The van der Waals surface area contributed by atoms with E-state index < -0.39 is 10.0 Å². The Hall–Kier alpha value is -1.86. The van der Waals surface area contributed by atoms with Gasteiger partial charge < -0.3 is 9.88 Å². The first kappa shape index (κ1) is 13.6. The second kappa shape index (κ2) is 5.41. The molecule has 19 heavy (non-hydrogen) atoms. The van der Waals surface area contributed by atoms with Crippen molar-refractivity contribution in [3.63, 3.8) is 0 Å². The number of benzene rings is 1. The second-order valence-corrected chi connectivity index (χ2v) is 6.11. The van der Waals surface area contributed by atoms with Gasteiger partial charge in [0.25, 0.3) is 10.0 Å². The van der Waals surface area contributed by atoms with Gasteiger partial charge in [-0.3, -0.25) is 4.72 Å². The maximum Gasteiger partial charge on any atom is 0.278 e. The lowest BCUT2D eigenvalue weighted by Gasteiger charge is -2.10. The Balaban J connectivity index is 2.12. The van der Waals surface area contributed by atoms with Gasteiger partial charge in [-0.25, -0.2) is 4.98 Å². The van der Waals surface area contributed by atoms with Crippen LogP contribution in [0.1, 0.15) is 5.56 Å². The van der Waals surface area contributed by atoms with E-state index in [4.69, 9.17) is 0 Å². The summed E-state index contributed by atoms with van der Waals surface area (Å²) in [5.74, 6) is 0. The Morgan fingerprint density at radius 2 is 1.95 bits per heavy atom. The van der Waals surface area contributed by atoms with Crippen molar-refractivity contribution in [1.29, 1.82) is 0 Å². The highest BCUT2D eigenvalue weighted by molar-refractivity contribution is 7.92. The van der Waals surface area contributed by atoms with E-state index in [9.17, 15) is 8.42 Å². The average Bonchev–Trinajstić information content (AvgIpc) is 2.85.